The first kappa shape index (κ1) is 18.4. The van der Waals surface area contributed by atoms with Gasteiger partial charge >= 0.3 is 11.7 Å². The number of amides is 1. The Balaban J connectivity index is 1.80. The minimum absolute atomic E-state index is 0.238. The van der Waals surface area contributed by atoms with E-state index in [1.165, 1.54) is 6.07 Å². The molecule has 0 saturated carbocycles. The predicted molar refractivity (Wildman–Crippen MR) is 98.2 cm³/mol. The first-order chi connectivity index (χ1) is 12.6. The molecule has 0 aliphatic carbocycles. The van der Waals surface area contributed by atoms with Gasteiger partial charge in [0.05, 0.1) is 6.61 Å². The van der Waals surface area contributed by atoms with Crippen molar-refractivity contribution < 1.29 is 19.1 Å². The molecule has 0 unspecified atom stereocenters. The Bertz CT molecular complexity index is 824. The molecule has 1 aromatic heterocycles. The molecule has 1 aliphatic heterocycles. The summed E-state index contributed by atoms with van der Waals surface area (Å²) in [6.45, 7) is 4.71. The molecule has 1 amide bonds. The molecule has 2 heterocycles. The lowest BCUT2D eigenvalue weighted by Gasteiger charge is -2.31. The number of aliphatic hydroxyl groups excluding tert-OH is 1. The maximum atomic E-state index is 12.0. The average molecular weight is 360 g/mol. The van der Waals surface area contributed by atoms with Crippen LogP contribution in [0.1, 0.15) is 25.3 Å². The zero-order valence-corrected chi connectivity index (χ0v) is 14.9. The Hall–Kier alpha value is -2.38. The van der Waals surface area contributed by atoms with E-state index in [-0.39, 0.29) is 13.2 Å². The molecule has 0 radical (unpaired) electrons. The van der Waals surface area contributed by atoms with E-state index in [0.29, 0.717) is 23.7 Å². The molecule has 2 N–H and O–H groups in total. The number of rotatable bonds is 5. The topological polar surface area (TPSA) is 92.0 Å². The van der Waals surface area contributed by atoms with E-state index < -0.39 is 11.7 Å². The number of carbonyl (C=O) groups is 1. The summed E-state index contributed by atoms with van der Waals surface area (Å²) in [6.07, 6.45) is 1.38. The number of hydrogen-bond acceptors (Lipinski definition) is 6. The van der Waals surface area contributed by atoms with Crippen LogP contribution in [0.3, 0.4) is 0 Å². The van der Waals surface area contributed by atoms with Crippen molar-refractivity contribution >= 4 is 22.7 Å². The third-order valence-corrected chi connectivity index (χ3v) is 4.71. The molecule has 7 nitrogen and oxygen atoms in total. The summed E-state index contributed by atoms with van der Waals surface area (Å²) in [5.41, 5.74) is 1.44. The van der Waals surface area contributed by atoms with E-state index >= 15 is 0 Å². The summed E-state index contributed by atoms with van der Waals surface area (Å²) >= 11 is 0. The van der Waals surface area contributed by atoms with E-state index in [4.69, 9.17) is 9.15 Å². The fourth-order valence-corrected chi connectivity index (χ4v) is 3.29. The number of fused-ring (bicyclic) bond motifs is 1. The SMILES string of the molecule is CCOC(=O)Nc1ccc2c(CN3CCC(CO)CC3)cc(=O)oc2c1. The Morgan fingerprint density at radius 2 is 2.12 bits per heavy atom. The van der Waals surface area contributed by atoms with Gasteiger partial charge in [0, 0.05) is 36.4 Å². The number of ether oxygens (including phenoxy) is 1. The van der Waals surface area contributed by atoms with Crippen LogP contribution < -0.4 is 10.9 Å². The van der Waals surface area contributed by atoms with Gasteiger partial charge in [0.25, 0.3) is 0 Å². The number of nitrogens with one attached hydrogen (secondary N) is 1. The third-order valence-electron chi connectivity index (χ3n) is 4.71. The molecule has 1 fully saturated rings. The highest BCUT2D eigenvalue weighted by Gasteiger charge is 2.19. The predicted octanol–water partition coefficient (Wildman–Crippen LogP) is 2.57. The van der Waals surface area contributed by atoms with Crippen molar-refractivity contribution in [2.24, 2.45) is 5.92 Å². The van der Waals surface area contributed by atoms with Crippen molar-refractivity contribution in [2.75, 3.05) is 31.6 Å². The summed E-state index contributed by atoms with van der Waals surface area (Å²) in [7, 11) is 0. The Kier molecular flexibility index (Phi) is 5.90. The molecule has 7 heteroatoms. The van der Waals surface area contributed by atoms with Crippen molar-refractivity contribution in [1.29, 1.82) is 0 Å². The van der Waals surface area contributed by atoms with Crippen molar-refractivity contribution in [1.82, 2.24) is 4.90 Å². The molecule has 26 heavy (non-hydrogen) atoms. The highest BCUT2D eigenvalue weighted by Crippen LogP contribution is 2.24. The summed E-state index contributed by atoms with van der Waals surface area (Å²) in [5, 5.41) is 12.7. The summed E-state index contributed by atoms with van der Waals surface area (Å²) in [5.74, 6) is 0.375. The third kappa shape index (κ3) is 4.42. The number of benzene rings is 1. The van der Waals surface area contributed by atoms with Gasteiger partial charge in [0.15, 0.2) is 0 Å². The molecule has 0 spiro atoms. The molecule has 0 bridgehead atoms. The molecular weight excluding hydrogens is 336 g/mol. The van der Waals surface area contributed by atoms with Crippen molar-refractivity contribution in [3.63, 3.8) is 0 Å². The molecule has 1 aliphatic rings. The van der Waals surface area contributed by atoms with E-state index in [2.05, 4.69) is 10.2 Å². The van der Waals surface area contributed by atoms with E-state index in [1.54, 1.807) is 19.1 Å². The van der Waals surface area contributed by atoms with Crippen molar-refractivity contribution in [3.8, 4) is 0 Å². The largest absolute Gasteiger partial charge is 0.450 e. The smallest absolute Gasteiger partial charge is 0.411 e. The van der Waals surface area contributed by atoms with E-state index in [9.17, 15) is 14.7 Å². The van der Waals surface area contributed by atoms with Crippen LogP contribution >= 0.6 is 0 Å². The molecule has 0 atom stereocenters. The fraction of sp³-hybridized carbons (Fsp3) is 0.474. The normalized spacial score (nSPS) is 15.9. The van der Waals surface area contributed by atoms with Gasteiger partial charge in [-0.05, 0) is 56.5 Å². The zero-order chi connectivity index (χ0) is 18.5. The maximum Gasteiger partial charge on any atom is 0.411 e. The molecule has 2 aromatic rings. The van der Waals surface area contributed by atoms with Gasteiger partial charge in [-0.3, -0.25) is 10.2 Å². The second kappa shape index (κ2) is 8.33. The summed E-state index contributed by atoms with van der Waals surface area (Å²) < 4.78 is 10.2. The first-order valence-corrected chi connectivity index (χ1v) is 8.92. The lowest BCUT2D eigenvalue weighted by molar-refractivity contribution is 0.127. The van der Waals surface area contributed by atoms with Crippen LogP contribution in [-0.4, -0.2) is 42.4 Å². The van der Waals surface area contributed by atoms with Gasteiger partial charge in [0.2, 0.25) is 0 Å². The Morgan fingerprint density at radius 3 is 2.81 bits per heavy atom. The number of likely N-dealkylation sites (tertiary alicyclic amines) is 1. The van der Waals surface area contributed by atoms with Gasteiger partial charge in [-0.1, -0.05) is 0 Å². The molecule has 1 aromatic carbocycles. The number of nitrogens with zero attached hydrogens (tertiary/aromatic N) is 1. The molecule has 1 saturated heterocycles. The van der Waals surface area contributed by atoms with E-state index in [1.807, 2.05) is 6.07 Å². The standard InChI is InChI=1S/C19H24N2O5/c1-2-25-19(24)20-15-3-4-16-14(9-18(23)26-17(16)10-15)11-21-7-5-13(12-22)6-8-21/h3-4,9-10,13,22H,2,5-8,11-12H2,1H3,(H,20,24). The van der Waals surface area contributed by atoms with Crippen LogP contribution in [0.4, 0.5) is 10.5 Å². The monoisotopic (exact) mass is 360 g/mol. The lowest BCUT2D eigenvalue weighted by Crippen LogP contribution is -2.34. The number of anilines is 1. The molecule has 140 valence electrons. The van der Waals surface area contributed by atoms with Crippen molar-refractivity contribution in [3.05, 3.63) is 40.2 Å². The van der Waals surface area contributed by atoms with Gasteiger partial charge in [-0.15, -0.1) is 0 Å². The van der Waals surface area contributed by atoms with Crippen LogP contribution in [0, 0.1) is 5.92 Å². The number of carbonyl (C=O) groups excluding carboxylic acids is 1. The van der Waals surface area contributed by atoms with E-state index in [0.717, 1.165) is 36.9 Å². The minimum atomic E-state index is -0.544. The second-order valence-corrected chi connectivity index (χ2v) is 6.55. The maximum absolute atomic E-state index is 12.0. The average Bonchev–Trinajstić information content (AvgIpc) is 2.62. The zero-order valence-electron chi connectivity index (χ0n) is 14.9. The fourth-order valence-electron chi connectivity index (χ4n) is 3.29. The van der Waals surface area contributed by atoms with Crippen LogP contribution in [0.5, 0.6) is 0 Å². The van der Waals surface area contributed by atoms with Crippen LogP contribution in [0.15, 0.2) is 33.5 Å². The molecular formula is C19H24N2O5. The van der Waals surface area contributed by atoms with Crippen molar-refractivity contribution in [2.45, 2.75) is 26.3 Å². The van der Waals surface area contributed by atoms with Crippen LogP contribution in [0.2, 0.25) is 0 Å². The minimum Gasteiger partial charge on any atom is -0.450 e. The number of hydrogen-bond donors (Lipinski definition) is 2. The van der Waals surface area contributed by atoms with Crippen LogP contribution in [0.25, 0.3) is 11.0 Å². The van der Waals surface area contributed by atoms with Gasteiger partial charge in [0.1, 0.15) is 5.58 Å². The Labute approximate surface area is 151 Å². The van der Waals surface area contributed by atoms with Crippen LogP contribution in [-0.2, 0) is 11.3 Å². The first-order valence-electron chi connectivity index (χ1n) is 8.92. The number of aliphatic hydroxyl groups is 1. The summed E-state index contributed by atoms with van der Waals surface area (Å²) in [4.78, 5) is 25.8. The highest BCUT2D eigenvalue weighted by atomic mass is 16.5. The highest BCUT2D eigenvalue weighted by molar-refractivity contribution is 5.89. The molecule has 3 rings (SSSR count). The van der Waals surface area contributed by atoms with Gasteiger partial charge < -0.3 is 14.3 Å². The van der Waals surface area contributed by atoms with Gasteiger partial charge in [-0.2, -0.15) is 0 Å². The number of piperidine rings is 1. The summed E-state index contributed by atoms with van der Waals surface area (Å²) in [6, 6.07) is 6.77. The van der Waals surface area contributed by atoms with Gasteiger partial charge in [-0.25, -0.2) is 9.59 Å². The quantitative estimate of drug-likeness (QED) is 0.796. The second-order valence-electron chi connectivity index (χ2n) is 6.55. The Morgan fingerprint density at radius 1 is 1.35 bits per heavy atom. The lowest BCUT2D eigenvalue weighted by atomic mass is 9.97.